The fourth-order valence-electron chi connectivity index (χ4n) is 3.69. The highest BCUT2D eigenvalue weighted by molar-refractivity contribution is 5.88. The van der Waals surface area contributed by atoms with Crippen LogP contribution in [-0.2, 0) is 11.3 Å². The van der Waals surface area contributed by atoms with Crippen LogP contribution in [-0.4, -0.2) is 18.6 Å². The molecule has 0 atom stereocenters. The molecule has 0 aliphatic heterocycles. The molecule has 1 aliphatic carbocycles. The molecule has 0 aromatic heterocycles. The lowest BCUT2D eigenvalue weighted by atomic mass is 9.96. The molecule has 1 aliphatic rings. The van der Waals surface area contributed by atoms with Crippen LogP contribution in [0.3, 0.4) is 0 Å². The SMILES string of the molecule is NC(=O)COc1ccc2ccccc2c1CNC1CCCCCCC1. The van der Waals surface area contributed by atoms with Gasteiger partial charge in [-0.2, -0.15) is 0 Å². The summed E-state index contributed by atoms with van der Waals surface area (Å²) in [6.45, 7) is 0.662. The number of fused-ring (bicyclic) bond motifs is 1. The Balaban J connectivity index is 1.78. The van der Waals surface area contributed by atoms with Crippen molar-refractivity contribution in [1.82, 2.24) is 5.32 Å². The molecule has 1 amide bonds. The monoisotopic (exact) mass is 340 g/mol. The number of carbonyl (C=O) groups excluding carboxylic acids is 1. The Kier molecular flexibility index (Phi) is 6.29. The predicted octanol–water partition coefficient (Wildman–Crippen LogP) is 3.91. The molecule has 25 heavy (non-hydrogen) atoms. The molecule has 3 rings (SSSR count). The lowest BCUT2D eigenvalue weighted by molar-refractivity contribution is -0.119. The fourth-order valence-corrected chi connectivity index (χ4v) is 3.69. The molecule has 0 bridgehead atoms. The highest BCUT2D eigenvalue weighted by atomic mass is 16.5. The average molecular weight is 340 g/mol. The second-order valence-corrected chi connectivity index (χ2v) is 6.94. The Bertz CT molecular complexity index is 706. The number of rotatable bonds is 6. The Morgan fingerprint density at radius 3 is 2.52 bits per heavy atom. The van der Waals surface area contributed by atoms with Gasteiger partial charge in [0, 0.05) is 18.2 Å². The van der Waals surface area contributed by atoms with Gasteiger partial charge in [0.25, 0.3) is 5.91 Å². The van der Waals surface area contributed by atoms with Gasteiger partial charge in [0.1, 0.15) is 5.75 Å². The zero-order valence-corrected chi connectivity index (χ0v) is 14.8. The van der Waals surface area contributed by atoms with Gasteiger partial charge < -0.3 is 15.8 Å². The minimum atomic E-state index is -0.452. The van der Waals surface area contributed by atoms with Gasteiger partial charge >= 0.3 is 0 Å². The predicted molar refractivity (Wildman–Crippen MR) is 102 cm³/mol. The maximum absolute atomic E-state index is 11.1. The van der Waals surface area contributed by atoms with Crippen LogP contribution in [0.25, 0.3) is 10.8 Å². The van der Waals surface area contributed by atoms with Gasteiger partial charge in [0.2, 0.25) is 0 Å². The van der Waals surface area contributed by atoms with Gasteiger partial charge in [-0.15, -0.1) is 0 Å². The Morgan fingerprint density at radius 1 is 1.04 bits per heavy atom. The molecule has 0 unspecified atom stereocenters. The first-order valence-corrected chi connectivity index (χ1v) is 9.39. The van der Waals surface area contributed by atoms with Gasteiger partial charge in [0.05, 0.1) is 0 Å². The van der Waals surface area contributed by atoms with Crippen molar-refractivity contribution < 1.29 is 9.53 Å². The lowest BCUT2D eigenvalue weighted by Crippen LogP contribution is -2.29. The number of ether oxygens (including phenoxy) is 1. The molecule has 1 fully saturated rings. The Morgan fingerprint density at radius 2 is 1.76 bits per heavy atom. The van der Waals surface area contributed by atoms with Crippen LogP contribution in [0, 0.1) is 0 Å². The first-order valence-electron chi connectivity index (χ1n) is 9.39. The molecule has 4 nitrogen and oxygen atoms in total. The van der Waals surface area contributed by atoms with Crippen molar-refractivity contribution in [2.24, 2.45) is 5.73 Å². The summed E-state index contributed by atoms with van der Waals surface area (Å²) in [5.74, 6) is 0.294. The molecule has 1 saturated carbocycles. The quantitative estimate of drug-likeness (QED) is 0.838. The minimum absolute atomic E-state index is 0.0885. The molecular formula is C21H28N2O2. The number of hydrogen-bond acceptors (Lipinski definition) is 3. The van der Waals surface area contributed by atoms with Crippen molar-refractivity contribution in [3.8, 4) is 5.75 Å². The van der Waals surface area contributed by atoms with E-state index in [9.17, 15) is 4.79 Å². The van der Waals surface area contributed by atoms with Crippen molar-refractivity contribution in [3.63, 3.8) is 0 Å². The summed E-state index contributed by atoms with van der Waals surface area (Å²) in [7, 11) is 0. The van der Waals surface area contributed by atoms with Gasteiger partial charge in [-0.3, -0.25) is 4.79 Å². The first-order chi connectivity index (χ1) is 12.2. The third-order valence-corrected chi connectivity index (χ3v) is 5.04. The van der Waals surface area contributed by atoms with Crippen LogP contribution in [0.5, 0.6) is 5.75 Å². The number of amides is 1. The molecule has 2 aromatic rings. The number of benzene rings is 2. The maximum Gasteiger partial charge on any atom is 0.255 e. The minimum Gasteiger partial charge on any atom is -0.483 e. The highest BCUT2D eigenvalue weighted by Gasteiger charge is 2.14. The highest BCUT2D eigenvalue weighted by Crippen LogP contribution is 2.29. The van der Waals surface area contributed by atoms with E-state index >= 15 is 0 Å². The van der Waals surface area contributed by atoms with Gasteiger partial charge in [-0.1, -0.05) is 62.4 Å². The van der Waals surface area contributed by atoms with Gasteiger partial charge in [-0.05, 0) is 29.7 Å². The second-order valence-electron chi connectivity index (χ2n) is 6.94. The van der Waals surface area contributed by atoms with E-state index in [1.54, 1.807) is 0 Å². The van der Waals surface area contributed by atoms with E-state index in [1.807, 2.05) is 24.3 Å². The molecule has 0 spiro atoms. The maximum atomic E-state index is 11.1. The number of carbonyl (C=O) groups is 1. The summed E-state index contributed by atoms with van der Waals surface area (Å²) in [4.78, 5) is 11.1. The van der Waals surface area contributed by atoms with Crippen molar-refractivity contribution in [3.05, 3.63) is 42.0 Å². The largest absolute Gasteiger partial charge is 0.483 e. The van der Waals surface area contributed by atoms with Crippen LogP contribution >= 0.6 is 0 Å². The standard InChI is InChI=1S/C21H28N2O2/c22-21(24)15-25-20-13-12-16-8-6-7-11-18(16)19(20)14-23-17-9-4-2-1-3-5-10-17/h6-8,11-13,17,23H,1-5,9-10,14-15H2,(H2,22,24). The zero-order chi connectivity index (χ0) is 17.5. The van der Waals surface area contributed by atoms with Crippen molar-refractivity contribution in [2.45, 2.75) is 57.5 Å². The number of hydrogen-bond donors (Lipinski definition) is 2. The number of nitrogens with two attached hydrogens (primary N) is 1. The summed E-state index contributed by atoms with van der Waals surface area (Å²) in [6.07, 6.45) is 9.15. The molecule has 0 saturated heterocycles. The van der Waals surface area contributed by atoms with Crippen LogP contribution in [0.15, 0.2) is 36.4 Å². The summed E-state index contributed by atoms with van der Waals surface area (Å²) >= 11 is 0. The Hall–Kier alpha value is -2.07. The van der Waals surface area contributed by atoms with Crippen molar-refractivity contribution in [1.29, 1.82) is 0 Å². The molecule has 4 heteroatoms. The van der Waals surface area contributed by atoms with E-state index in [-0.39, 0.29) is 6.61 Å². The molecule has 134 valence electrons. The summed E-state index contributed by atoms with van der Waals surface area (Å²) in [6, 6.07) is 12.8. The topological polar surface area (TPSA) is 64.4 Å². The molecule has 0 radical (unpaired) electrons. The molecule has 3 N–H and O–H groups in total. The van der Waals surface area contributed by atoms with Crippen LogP contribution < -0.4 is 15.8 Å². The summed E-state index contributed by atoms with van der Waals surface area (Å²) < 4.78 is 5.68. The summed E-state index contributed by atoms with van der Waals surface area (Å²) in [5.41, 5.74) is 6.36. The van der Waals surface area contributed by atoms with E-state index in [0.29, 0.717) is 6.04 Å². The normalized spacial score (nSPS) is 16.3. The van der Waals surface area contributed by atoms with Crippen LogP contribution in [0.4, 0.5) is 0 Å². The Labute approximate surface area is 149 Å². The average Bonchev–Trinajstić information content (AvgIpc) is 2.59. The third-order valence-electron chi connectivity index (χ3n) is 5.04. The van der Waals surface area contributed by atoms with E-state index in [0.717, 1.165) is 17.9 Å². The third kappa shape index (κ3) is 4.95. The zero-order valence-electron chi connectivity index (χ0n) is 14.8. The van der Waals surface area contributed by atoms with E-state index in [2.05, 4.69) is 17.4 Å². The van der Waals surface area contributed by atoms with E-state index in [1.165, 1.54) is 55.7 Å². The first kappa shape index (κ1) is 17.7. The van der Waals surface area contributed by atoms with Gasteiger partial charge in [0.15, 0.2) is 6.61 Å². The fraction of sp³-hybridized carbons (Fsp3) is 0.476. The van der Waals surface area contributed by atoms with E-state index < -0.39 is 5.91 Å². The second kappa shape index (κ2) is 8.86. The summed E-state index contributed by atoms with van der Waals surface area (Å²) in [5, 5.41) is 6.08. The smallest absolute Gasteiger partial charge is 0.255 e. The number of nitrogens with one attached hydrogen (secondary N) is 1. The van der Waals surface area contributed by atoms with Crippen LogP contribution in [0.1, 0.15) is 50.5 Å². The van der Waals surface area contributed by atoms with Crippen molar-refractivity contribution in [2.75, 3.05) is 6.61 Å². The molecule has 2 aromatic carbocycles. The van der Waals surface area contributed by atoms with Crippen LogP contribution in [0.2, 0.25) is 0 Å². The van der Waals surface area contributed by atoms with Crippen molar-refractivity contribution >= 4 is 16.7 Å². The lowest BCUT2D eigenvalue weighted by Gasteiger charge is -2.22. The molecule has 0 heterocycles. The van der Waals surface area contributed by atoms with Gasteiger partial charge in [-0.25, -0.2) is 0 Å². The molecular weight excluding hydrogens is 312 g/mol. The van der Waals surface area contributed by atoms with E-state index in [4.69, 9.17) is 10.5 Å². The number of primary amides is 1.